The average molecular weight is 423 g/mol. The molecular formula is C23H21NO5S. The van der Waals surface area contributed by atoms with Crippen molar-refractivity contribution < 1.29 is 23.1 Å². The largest absolute Gasteiger partial charge is 0.480 e. The van der Waals surface area contributed by atoms with E-state index >= 15 is 0 Å². The van der Waals surface area contributed by atoms with Gasteiger partial charge in [-0.3, -0.25) is 4.79 Å². The van der Waals surface area contributed by atoms with Crippen molar-refractivity contribution in [2.45, 2.75) is 30.2 Å². The van der Waals surface area contributed by atoms with Crippen molar-refractivity contribution in [1.82, 2.24) is 4.72 Å². The lowest BCUT2D eigenvalue weighted by Crippen LogP contribution is -2.41. The van der Waals surface area contributed by atoms with Crippen LogP contribution in [0.2, 0.25) is 0 Å². The Hall–Kier alpha value is -3.16. The first kappa shape index (κ1) is 20.1. The molecule has 3 aromatic rings. The number of nitrogens with one attached hydrogen (secondary N) is 1. The van der Waals surface area contributed by atoms with Gasteiger partial charge in [0.2, 0.25) is 10.0 Å². The predicted molar refractivity (Wildman–Crippen MR) is 112 cm³/mol. The van der Waals surface area contributed by atoms with Gasteiger partial charge in [0.15, 0.2) is 0 Å². The van der Waals surface area contributed by atoms with Gasteiger partial charge in [-0.15, -0.1) is 0 Å². The standard InChI is InChI=1S/C23H21NO5S/c25-23(26)20(12-10-16-6-2-1-3-7-16)24-30(27,28)19-11-13-22-18(15-19)14-17-8-4-5-9-21(17)29-22/h1-9,11,13,15,20,24H,10,12,14H2,(H,25,26). The summed E-state index contributed by atoms with van der Waals surface area (Å²) in [6.07, 6.45) is 1.15. The van der Waals surface area contributed by atoms with Crippen molar-refractivity contribution >= 4 is 16.0 Å². The van der Waals surface area contributed by atoms with Crippen molar-refractivity contribution in [3.63, 3.8) is 0 Å². The molecule has 4 rings (SSSR count). The third kappa shape index (κ3) is 4.37. The van der Waals surface area contributed by atoms with E-state index in [-0.39, 0.29) is 11.3 Å². The van der Waals surface area contributed by atoms with E-state index in [1.807, 2.05) is 54.6 Å². The molecule has 1 aliphatic heterocycles. The van der Waals surface area contributed by atoms with Gasteiger partial charge < -0.3 is 9.84 Å². The molecule has 0 saturated heterocycles. The van der Waals surface area contributed by atoms with Crippen LogP contribution >= 0.6 is 0 Å². The summed E-state index contributed by atoms with van der Waals surface area (Å²) < 4.78 is 33.9. The highest BCUT2D eigenvalue weighted by atomic mass is 32.2. The molecule has 0 amide bonds. The molecule has 7 heteroatoms. The number of carbonyl (C=O) groups is 1. The Morgan fingerprint density at radius 1 is 0.967 bits per heavy atom. The van der Waals surface area contributed by atoms with E-state index in [0.29, 0.717) is 18.6 Å². The van der Waals surface area contributed by atoms with Gasteiger partial charge >= 0.3 is 5.97 Å². The SMILES string of the molecule is O=C(O)C(CCc1ccccc1)NS(=O)(=O)c1ccc2c(c1)Cc1ccccc1O2. The number of para-hydroxylation sites is 1. The summed E-state index contributed by atoms with van der Waals surface area (Å²) in [5, 5.41) is 9.52. The molecular weight excluding hydrogens is 402 g/mol. The molecule has 3 aromatic carbocycles. The lowest BCUT2D eigenvalue weighted by Gasteiger charge is -2.21. The fraction of sp³-hybridized carbons (Fsp3) is 0.174. The van der Waals surface area contributed by atoms with Crippen LogP contribution in [0, 0.1) is 0 Å². The molecule has 1 atom stereocenters. The van der Waals surface area contributed by atoms with Gasteiger partial charge in [-0.1, -0.05) is 48.5 Å². The van der Waals surface area contributed by atoms with Gasteiger partial charge in [0, 0.05) is 12.0 Å². The highest BCUT2D eigenvalue weighted by molar-refractivity contribution is 7.89. The molecule has 0 saturated carbocycles. The molecule has 1 heterocycles. The van der Waals surface area contributed by atoms with Crippen molar-refractivity contribution in [3.05, 3.63) is 89.5 Å². The van der Waals surface area contributed by atoms with Crippen LogP contribution in [0.15, 0.2) is 77.7 Å². The normalized spacial score (nSPS) is 13.6. The van der Waals surface area contributed by atoms with Gasteiger partial charge in [-0.25, -0.2) is 8.42 Å². The van der Waals surface area contributed by atoms with Crippen molar-refractivity contribution in [2.24, 2.45) is 0 Å². The molecule has 0 aromatic heterocycles. The molecule has 0 spiro atoms. The van der Waals surface area contributed by atoms with E-state index in [1.165, 1.54) is 6.07 Å². The highest BCUT2D eigenvalue weighted by Crippen LogP contribution is 2.37. The van der Waals surface area contributed by atoms with E-state index in [4.69, 9.17) is 4.74 Å². The second-order valence-corrected chi connectivity index (χ2v) is 8.91. The van der Waals surface area contributed by atoms with Gasteiger partial charge in [-0.2, -0.15) is 4.72 Å². The first-order valence-corrected chi connectivity index (χ1v) is 11.1. The average Bonchev–Trinajstić information content (AvgIpc) is 2.75. The highest BCUT2D eigenvalue weighted by Gasteiger charge is 2.27. The summed E-state index contributed by atoms with van der Waals surface area (Å²) in [6.45, 7) is 0. The monoisotopic (exact) mass is 423 g/mol. The molecule has 1 unspecified atom stereocenters. The maximum absolute atomic E-state index is 12.9. The topological polar surface area (TPSA) is 92.7 Å². The Morgan fingerprint density at radius 2 is 1.67 bits per heavy atom. The van der Waals surface area contributed by atoms with Crippen LogP contribution in [0.5, 0.6) is 11.5 Å². The Morgan fingerprint density at radius 3 is 2.43 bits per heavy atom. The van der Waals surface area contributed by atoms with Gasteiger partial charge in [0.05, 0.1) is 4.90 Å². The maximum Gasteiger partial charge on any atom is 0.321 e. The minimum absolute atomic E-state index is 0.0233. The van der Waals surface area contributed by atoms with Crippen LogP contribution in [0.3, 0.4) is 0 Å². The number of carboxylic acids is 1. The van der Waals surface area contributed by atoms with E-state index < -0.39 is 22.0 Å². The minimum Gasteiger partial charge on any atom is -0.480 e. The number of hydrogen-bond acceptors (Lipinski definition) is 4. The number of sulfonamides is 1. The molecule has 0 aliphatic carbocycles. The van der Waals surface area contributed by atoms with E-state index in [0.717, 1.165) is 22.4 Å². The number of aliphatic carboxylic acids is 1. The van der Waals surface area contributed by atoms with Crippen LogP contribution in [0.25, 0.3) is 0 Å². The Kier molecular flexibility index (Phi) is 5.57. The number of benzene rings is 3. The predicted octanol–water partition coefficient (Wildman–Crippen LogP) is 3.75. The fourth-order valence-electron chi connectivity index (χ4n) is 3.48. The lowest BCUT2D eigenvalue weighted by atomic mass is 10.0. The third-order valence-electron chi connectivity index (χ3n) is 5.08. The molecule has 0 bridgehead atoms. The summed E-state index contributed by atoms with van der Waals surface area (Å²) in [7, 11) is -4.01. The van der Waals surface area contributed by atoms with Crippen molar-refractivity contribution in [1.29, 1.82) is 0 Å². The molecule has 2 N–H and O–H groups in total. The zero-order valence-corrected chi connectivity index (χ0v) is 16.9. The lowest BCUT2D eigenvalue weighted by molar-refractivity contribution is -0.139. The summed E-state index contributed by atoms with van der Waals surface area (Å²) >= 11 is 0. The molecule has 6 nitrogen and oxygen atoms in total. The number of rotatable bonds is 7. The van der Waals surface area contributed by atoms with Crippen molar-refractivity contribution in [2.75, 3.05) is 0 Å². The number of ether oxygens (including phenoxy) is 1. The van der Waals surface area contributed by atoms with Crippen LogP contribution in [-0.4, -0.2) is 25.5 Å². The summed E-state index contributed by atoms with van der Waals surface area (Å²) in [5.74, 6) is 0.154. The van der Waals surface area contributed by atoms with E-state index in [9.17, 15) is 18.3 Å². The Balaban J connectivity index is 1.52. The summed E-state index contributed by atoms with van der Waals surface area (Å²) in [6, 6.07) is 20.3. The minimum atomic E-state index is -4.01. The number of aryl methyl sites for hydroxylation is 1. The second kappa shape index (κ2) is 8.30. The van der Waals surface area contributed by atoms with Gasteiger partial charge in [-0.05, 0) is 48.2 Å². The molecule has 0 fully saturated rings. The smallest absolute Gasteiger partial charge is 0.321 e. The molecule has 154 valence electrons. The maximum atomic E-state index is 12.9. The van der Waals surface area contributed by atoms with Gasteiger partial charge in [0.25, 0.3) is 0 Å². The zero-order chi connectivity index (χ0) is 21.1. The molecule has 0 radical (unpaired) electrons. The van der Waals surface area contributed by atoms with E-state index in [1.54, 1.807) is 12.1 Å². The molecule has 30 heavy (non-hydrogen) atoms. The first-order valence-electron chi connectivity index (χ1n) is 9.60. The fourth-order valence-corrected chi connectivity index (χ4v) is 4.75. The van der Waals surface area contributed by atoms with E-state index in [2.05, 4.69) is 4.72 Å². The van der Waals surface area contributed by atoms with Crippen LogP contribution in [0.1, 0.15) is 23.1 Å². The first-order chi connectivity index (χ1) is 14.4. The summed E-state index contributed by atoms with van der Waals surface area (Å²) in [4.78, 5) is 11.7. The van der Waals surface area contributed by atoms with Gasteiger partial charge in [0.1, 0.15) is 17.5 Å². The van der Waals surface area contributed by atoms with Crippen LogP contribution in [-0.2, 0) is 27.7 Å². The number of fused-ring (bicyclic) bond motifs is 2. The quantitative estimate of drug-likeness (QED) is 0.472. The third-order valence-corrected chi connectivity index (χ3v) is 6.55. The zero-order valence-electron chi connectivity index (χ0n) is 16.1. The second-order valence-electron chi connectivity index (χ2n) is 7.19. The van der Waals surface area contributed by atoms with Crippen molar-refractivity contribution in [3.8, 4) is 11.5 Å². The molecule has 1 aliphatic rings. The number of hydrogen-bond donors (Lipinski definition) is 2. The Labute approximate surface area is 175 Å². The van der Waals surface area contributed by atoms with Crippen LogP contribution < -0.4 is 9.46 Å². The van der Waals surface area contributed by atoms with Crippen LogP contribution in [0.4, 0.5) is 0 Å². The summed E-state index contributed by atoms with van der Waals surface area (Å²) in [5.41, 5.74) is 2.67. The number of carboxylic acid groups (broad SMARTS) is 1. The Bertz CT molecular complexity index is 1180.